The molecule has 0 saturated heterocycles. The number of amides is 1. The quantitative estimate of drug-likeness (QED) is 0.332. The molecule has 0 radical (unpaired) electrons. The molecule has 0 aliphatic rings. The highest BCUT2D eigenvalue weighted by Gasteiger charge is 2.22. The molecule has 28 heavy (non-hydrogen) atoms. The van der Waals surface area contributed by atoms with Crippen LogP contribution < -0.4 is 5.56 Å². The highest BCUT2D eigenvalue weighted by atomic mass is 32.2. The molecule has 2 aromatic heterocycles. The number of carbonyl (C=O) groups excluding carboxylic acids is 1. The van der Waals surface area contributed by atoms with E-state index in [1.807, 2.05) is 5.38 Å². The molecule has 5 nitrogen and oxygen atoms in total. The lowest BCUT2D eigenvalue weighted by Crippen LogP contribution is -2.33. The van der Waals surface area contributed by atoms with Crippen LogP contribution in [0.15, 0.2) is 58.3 Å². The number of nitrogens with zero attached hydrogens (tertiary/aromatic N) is 3. The van der Waals surface area contributed by atoms with Gasteiger partial charge in [0.1, 0.15) is 10.5 Å². The number of benzene rings is 1. The summed E-state index contributed by atoms with van der Waals surface area (Å²) in [4.78, 5) is 31.6. The Morgan fingerprint density at radius 2 is 2.25 bits per heavy atom. The molecule has 3 rings (SSSR count). The Labute approximate surface area is 170 Å². The Balaban J connectivity index is 1.80. The topological polar surface area (TPSA) is 55.2 Å². The predicted octanol–water partition coefficient (Wildman–Crippen LogP) is 3.92. The summed E-state index contributed by atoms with van der Waals surface area (Å²) in [6.45, 7) is 6.10. The monoisotopic (exact) mass is 417 g/mol. The summed E-state index contributed by atoms with van der Waals surface area (Å²) in [5, 5.41) is 1.85. The number of rotatable bonds is 7. The summed E-state index contributed by atoms with van der Waals surface area (Å²) in [5.74, 6) is -0.457. The van der Waals surface area contributed by atoms with E-state index in [9.17, 15) is 14.0 Å². The van der Waals surface area contributed by atoms with Gasteiger partial charge in [0.15, 0.2) is 5.16 Å². The zero-order valence-corrected chi connectivity index (χ0v) is 17.2. The van der Waals surface area contributed by atoms with Gasteiger partial charge in [0.2, 0.25) is 5.91 Å². The zero-order chi connectivity index (χ0) is 20.3. The zero-order valence-electron chi connectivity index (χ0n) is 15.6. The van der Waals surface area contributed by atoms with Crippen LogP contribution in [-0.4, -0.2) is 32.7 Å². The molecule has 0 bridgehead atoms. The van der Waals surface area contributed by atoms with Gasteiger partial charge in [-0.25, -0.2) is 9.37 Å². The Bertz CT molecular complexity index is 1080. The molecular weight excluding hydrogens is 397 g/mol. The lowest BCUT2D eigenvalue weighted by Gasteiger charge is -2.22. The summed E-state index contributed by atoms with van der Waals surface area (Å²) in [5.41, 5.74) is 1.22. The molecule has 0 aliphatic carbocycles. The summed E-state index contributed by atoms with van der Waals surface area (Å²) < 4.78 is 15.5. The second kappa shape index (κ2) is 8.70. The Morgan fingerprint density at radius 3 is 2.96 bits per heavy atom. The summed E-state index contributed by atoms with van der Waals surface area (Å²) in [7, 11) is 1.68. The molecule has 1 amide bonds. The summed E-state index contributed by atoms with van der Waals surface area (Å²) in [6, 6.07) is 7.98. The van der Waals surface area contributed by atoms with E-state index in [2.05, 4.69) is 11.6 Å². The van der Waals surface area contributed by atoms with E-state index < -0.39 is 5.25 Å². The van der Waals surface area contributed by atoms with Crippen molar-refractivity contribution in [2.75, 3.05) is 7.05 Å². The average molecular weight is 418 g/mol. The van der Waals surface area contributed by atoms with Crippen LogP contribution in [0, 0.1) is 5.82 Å². The summed E-state index contributed by atoms with van der Waals surface area (Å²) in [6.07, 6.45) is 1.63. The molecule has 3 aromatic rings. The minimum absolute atomic E-state index is 0.126. The van der Waals surface area contributed by atoms with Crippen LogP contribution in [0.1, 0.15) is 12.5 Å². The number of halogens is 1. The maximum absolute atomic E-state index is 13.4. The molecule has 2 heterocycles. The predicted molar refractivity (Wildman–Crippen MR) is 112 cm³/mol. The van der Waals surface area contributed by atoms with Crippen molar-refractivity contribution < 1.29 is 9.18 Å². The minimum Gasteiger partial charge on any atom is -0.340 e. The molecule has 0 aliphatic heterocycles. The molecule has 0 N–H and O–H groups in total. The van der Waals surface area contributed by atoms with Gasteiger partial charge in [-0.3, -0.25) is 14.2 Å². The van der Waals surface area contributed by atoms with Gasteiger partial charge in [0, 0.05) is 20.1 Å². The third kappa shape index (κ3) is 4.34. The number of allylic oxidation sites excluding steroid dienone is 1. The van der Waals surface area contributed by atoms with Crippen molar-refractivity contribution in [2.45, 2.75) is 30.4 Å². The van der Waals surface area contributed by atoms with Crippen molar-refractivity contribution in [1.82, 2.24) is 14.5 Å². The van der Waals surface area contributed by atoms with E-state index in [1.54, 1.807) is 43.1 Å². The number of fused-ring (bicyclic) bond motifs is 1. The van der Waals surface area contributed by atoms with Gasteiger partial charge in [-0.05, 0) is 36.1 Å². The van der Waals surface area contributed by atoms with Gasteiger partial charge in [-0.2, -0.15) is 0 Å². The lowest BCUT2D eigenvalue weighted by atomic mass is 10.2. The van der Waals surface area contributed by atoms with E-state index in [4.69, 9.17) is 0 Å². The molecule has 146 valence electrons. The van der Waals surface area contributed by atoms with Gasteiger partial charge in [0.25, 0.3) is 5.56 Å². The van der Waals surface area contributed by atoms with Gasteiger partial charge in [-0.1, -0.05) is 30.0 Å². The Kier molecular flexibility index (Phi) is 6.31. The maximum Gasteiger partial charge on any atom is 0.272 e. The van der Waals surface area contributed by atoms with Gasteiger partial charge in [-0.15, -0.1) is 17.9 Å². The van der Waals surface area contributed by atoms with E-state index >= 15 is 0 Å². The fourth-order valence-electron chi connectivity index (χ4n) is 2.81. The minimum atomic E-state index is -0.461. The molecule has 8 heteroatoms. The standard InChI is InChI=1S/C20H20FN3O2S2/c1-4-9-24-19(26)17-16(8-10-27-17)22-20(24)28-13(2)18(25)23(3)12-14-6-5-7-15(21)11-14/h4-8,10-11,13H,1,9,12H2,2-3H3. The largest absolute Gasteiger partial charge is 0.340 e. The summed E-state index contributed by atoms with van der Waals surface area (Å²) >= 11 is 2.59. The second-order valence-corrected chi connectivity index (χ2v) is 8.54. The normalized spacial score (nSPS) is 12.1. The van der Waals surface area contributed by atoms with E-state index in [0.29, 0.717) is 28.5 Å². The first-order valence-corrected chi connectivity index (χ1v) is 10.4. The van der Waals surface area contributed by atoms with Crippen molar-refractivity contribution >= 4 is 39.2 Å². The van der Waals surface area contributed by atoms with Crippen molar-refractivity contribution in [3.8, 4) is 0 Å². The van der Waals surface area contributed by atoms with Gasteiger partial charge >= 0.3 is 0 Å². The average Bonchev–Trinajstić information content (AvgIpc) is 3.13. The van der Waals surface area contributed by atoms with Gasteiger partial charge in [0.05, 0.1) is 10.8 Å². The van der Waals surface area contributed by atoms with Crippen molar-refractivity contribution in [3.05, 3.63) is 70.1 Å². The Hall–Kier alpha value is -2.45. The third-order valence-electron chi connectivity index (χ3n) is 4.16. The Morgan fingerprint density at radius 1 is 1.46 bits per heavy atom. The number of thiophene rings is 1. The second-order valence-electron chi connectivity index (χ2n) is 6.32. The van der Waals surface area contributed by atoms with Crippen LogP contribution in [0.3, 0.4) is 0 Å². The van der Waals surface area contributed by atoms with E-state index in [-0.39, 0.29) is 17.3 Å². The van der Waals surface area contributed by atoms with Crippen LogP contribution in [0.4, 0.5) is 4.39 Å². The smallest absolute Gasteiger partial charge is 0.272 e. The highest BCUT2D eigenvalue weighted by Crippen LogP contribution is 2.25. The fourth-order valence-corrected chi connectivity index (χ4v) is 4.62. The fraction of sp³-hybridized carbons (Fsp3) is 0.250. The van der Waals surface area contributed by atoms with Crippen LogP contribution in [0.25, 0.3) is 10.2 Å². The van der Waals surface area contributed by atoms with E-state index in [1.165, 1.54) is 39.8 Å². The maximum atomic E-state index is 13.4. The SMILES string of the molecule is C=CCn1c(SC(C)C(=O)N(C)Cc2cccc(F)c2)nc2ccsc2c1=O. The number of hydrogen-bond acceptors (Lipinski definition) is 5. The van der Waals surface area contributed by atoms with Crippen LogP contribution in [0.2, 0.25) is 0 Å². The third-order valence-corrected chi connectivity index (χ3v) is 6.13. The van der Waals surface area contributed by atoms with Crippen LogP contribution in [-0.2, 0) is 17.9 Å². The van der Waals surface area contributed by atoms with Gasteiger partial charge < -0.3 is 4.90 Å². The first-order valence-electron chi connectivity index (χ1n) is 8.65. The molecule has 0 spiro atoms. The van der Waals surface area contributed by atoms with Crippen molar-refractivity contribution in [2.24, 2.45) is 0 Å². The van der Waals surface area contributed by atoms with Crippen LogP contribution >= 0.6 is 23.1 Å². The number of thioether (sulfide) groups is 1. The van der Waals surface area contributed by atoms with E-state index in [0.717, 1.165) is 5.56 Å². The highest BCUT2D eigenvalue weighted by molar-refractivity contribution is 8.00. The van der Waals surface area contributed by atoms with Crippen molar-refractivity contribution in [3.63, 3.8) is 0 Å². The molecular formula is C20H20FN3O2S2. The number of carbonyl (C=O) groups is 1. The molecule has 1 aromatic carbocycles. The lowest BCUT2D eigenvalue weighted by molar-refractivity contribution is -0.129. The number of aromatic nitrogens is 2. The molecule has 1 unspecified atom stereocenters. The molecule has 1 atom stereocenters. The first-order chi connectivity index (χ1) is 13.4. The molecule has 0 saturated carbocycles. The van der Waals surface area contributed by atoms with Crippen LogP contribution in [0.5, 0.6) is 0 Å². The first kappa shape index (κ1) is 20.3. The molecule has 0 fully saturated rings. The number of hydrogen-bond donors (Lipinski definition) is 0. The van der Waals surface area contributed by atoms with Crippen molar-refractivity contribution in [1.29, 1.82) is 0 Å².